The molecule has 0 aliphatic carbocycles. The maximum Gasteiger partial charge on any atom is 0.142 e. The molecule has 1 unspecified atom stereocenters. The van der Waals surface area contributed by atoms with Crippen LogP contribution in [0, 0.1) is 0 Å². The minimum absolute atomic E-state index is 0.332. The number of nitrogens with two attached hydrogens (primary N) is 1. The fourth-order valence-corrected chi connectivity index (χ4v) is 2.36. The normalized spacial score (nSPS) is 12.3. The lowest BCUT2D eigenvalue weighted by atomic mass is 10.0. The van der Waals surface area contributed by atoms with E-state index in [1.54, 1.807) is 25.7 Å². The molecule has 3 rings (SSSR count). The van der Waals surface area contributed by atoms with E-state index in [0.29, 0.717) is 11.4 Å². The zero-order valence-corrected chi connectivity index (χ0v) is 11.5. The molecule has 2 heterocycles. The van der Waals surface area contributed by atoms with Crippen molar-refractivity contribution in [3.8, 4) is 5.75 Å². The van der Waals surface area contributed by atoms with Crippen molar-refractivity contribution >= 4 is 11.0 Å². The van der Waals surface area contributed by atoms with Crippen LogP contribution >= 0.6 is 0 Å². The molecule has 0 spiro atoms. The largest absolute Gasteiger partial charge is 0.495 e. The highest BCUT2D eigenvalue weighted by atomic mass is 16.5. The van der Waals surface area contributed by atoms with Gasteiger partial charge in [0.15, 0.2) is 0 Å². The standard InChI is InChI=1S/C15H15N5O/c1-21-12-6-3-7-18-15(12)14(20-16)10-4-2-5-11-13(10)19-9-8-17-11/h2-9,14,20H,16H2,1H3. The van der Waals surface area contributed by atoms with Gasteiger partial charge in [0, 0.05) is 24.2 Å². The van der Waals surface area contributed by atoms with Crippen LogP contribution in [0.2, 0.25) is 0 Å². The maximum atomic E-state index is 5.76. The van der Waals surface area contributed by atoms with Crippen molar-refractivity contribution in [3.05, 3.63) is 60.2 Å². The van der Waals surface area contributed by atoms with Crippen LogP contribution in [0.15, 0.2) is 48.9 Å². The first-order valence-electron chi connectivity index (χ1n) is 6.50. The summed E-state index contributed by atoms with van der Waals surface area (Å²) in [5.41, 5.74) is 6.00. The molecule has 0 fully saturated rings. The lowest BCUT2D eigenvalue weighted by Crippen LogP contribution is -2.30. The number of hydrazine groups is 1. The number of rotatable bonds is 4. The number of methoxy groups -OCH3 is 1. The molecule has 1 aromatic carbocycles. The molecule has 0 aliphatic rings. The van der Waals surface area contributed by atoms with Gasteiger partial charge in [-0.1, -0.05) is 12.1 Å². The van der Waals surface area contributed by atoms with Gasteiger partial charge < -0.3 is 4.74 Å². The average molecular weight is 281 g/mol. The minimum Gasteiger partial charge on any atom is -0.495 e. The number of fused-ring (bicyclic) bond motifs is 1. The van der Waals surface area contributed by atoms with E-state index in [0.717, 1.165) is 16.6 Å². The van der Waals surface area contributed by atoms with Gasteiger partial charge >= 0.3 is 0 Å². The van der Waals surface area contributed by atoms with Crippen molar-refractivity contribution in [2.75, 3.05) is 7.11 Å². The van der Waals surface area contributed by atoms with Gasteiger partial charge in [-0.05, 0) is 18.2 Å². The number of pyridine rings is 1. The number of ether oxygens (including phenoxy) is 1. The molecule has 6 nitrogen and oxygen atoms in total. The molecular weight excluding hydrogens is 266 g/mol. The van der Waals surface area contributed by atoms with Gasteiger partial charge in [0.05, 0.1) is 24.2 Å². The van der Waals surface area contributed by atoms with Crippen LogP contribution in [-0.2, 0) is 0 Å². The monoisotopic (exact) mass is 281 g/mol. The lowest BCUT2D eigenvalue weighted by molar-refractivity contribution is 0.400. The Hall–Kier alpha value is -2.57. The Morgan fingerprint density at radius 2 is 1.90 bits per heavy atom. The Balaban J connectivity index is 2.19. The van der Waals surface area contributed by atoms with Crippen LogP contribution in [0.5, 0.6) is 5.75 Å². The molecule has 0 bridgehead atoms. The van der Waals surface area contributed by atoms with E-state index >= 15 is 0 Å². The van der Waals surface area contributed by atoms with E-state index < -0.39 is 0 Å². The predicted molar refractivity (Wildman–Crippen MR) is 79.5 cm³/mol. The summed E-state index contributed by atoms with van der Waals surface area (Å²) in [5.74, 6) is 6.43. The molecule has 0 saturated heterocycles. The molecule has 0 radical (unpaired) electrons. The third kappa shape index (κ3) is 2.42. The summed E-state index contributed by atoms with van der Waals surface area (Å²) < 4.78 is 5.37. The van der Waals surface area contributed by atoms with Crippen LogP contribution in [0.1, 0.15) is 17.3 Å². The minimum atomic E-state index is -0.332. The number of para-hydroxylation sites is 1. The smallest absolute Gasteiger partial charge is 0.142 e. The molecule has 1 atom stereocenters. The number of hydrogen-bond donors (Lipinski definition) is 2. The van der Waals surface area contributed by atoms with E-state index in [2.05, 4.69) is 20.4 Å². The van der Waals surface area contributed by atoms with Crippen molar-refractivity contribution in [2.24, 2.45) is 5.84 Å². The van der Waals surface area contributed by atoms with Gasteiger partial charge in [-0.2, -0.15) is 0 Å². The highest BCUT2D eigenvalue weighted by Crippen LogP contribution is 2.30. The quantitative estimate of drug-likeness (QED) is 0.558. The second-order valence-electron chi connectivity index (χ2n) is 4.46. The van der Waals surface area contributed by atoms with Gasteiger partial charge in [-0.25, -0.2) is 5.43 Å². The fraction of sp³-hybridized carbons (Fsp3) is 0.133. The third-order valence-corrected chi connectivity index (χ3v) is 3.30. The van der Waals surface area contributed by atoms with E-state index in [9.17, 15) is 0 Å². The first-order chi connectivity index (χ1) is 10.3. The maximum absolute atomic E-state index is 5.76. The first-order valence-corrected chi connectivity index (χ1v) is 6.50. The van der Waals surface area contributed by atoms with Gasteiger partial charge in [0.25, 0.3) is 0 Å². The van der Waals surface area contributed by atoms with E-state index in [4.69, 9.17) is 10.6 Å². The Morgan fingerprint density at radius 1 is 1.05 bits per heavy atom. The van der Waals surface area contributed by atoms with Crippen LogP contribution in [0.3, 0.4) is 0 Å². The van der Waals surface area contributed by atoms with Crippen molar-refractivity contribution in [2.45, 2.75) is 6.04 Å². The molecule has 0 aliphatic heterocycles. The second-order valence-corrected chi connectivity index (χ2v) is 4.46. The van der Waals surface area contributed by atoms with E-state index in [-0.39, 0.29) is 6.04 Å². The van der Waals surface area contributed by atoms with E-state index in [1.807, 2.05) is 30.3 Å². The highest BCUT2D eigenvalue weighted by molar-refractivity contribution is 5.78. The van der Waals surface area contributed by atoms with Crippen molar-refractivity contribution < 1.29 is 4.74 Å². The summed E-state index contributed by atoms with van der Waals surface area (Å²) >= 11 is 0. The Kier molecular flexibility index (Phi) is 3.72. The summed E-state index contributed by atoms with van der Waals surface area (Å²) in [7, 11) is 1.61. The van der Waals surface area contributed by atoms with Crippen molar-refractivity contribution in [3.63, 3.8) is 0 Å². The molecule has 0 saturated carbocycles. The van der Waals surface area contributed by atoms with Gasteiger partial charge in [-0.15, -0.1) is 0 Å². The number of nitrogens with zero attached hydrogens (tertiary/aromatic N) is 3. The first kappa shape index (κ1) is 13.4. The second kappa shape index (κ2) is 5.82. The molecular formula is C15H15N5O. The van der Waals surface area contributed by atoms with Crippen molar-refractivity contribution in [1.82, 2.24) is 20.4 Å². The topological polar surface area (TPSA) is 86.0 Å². The molecule has 21 heavy (non-hydrogen) atoms. The van der Waals surface area contributed by atoms with Crippen LogP contribution < -0.4 is 16.0 Å². The Bertz CT molecular complexity index is 756. The van der Waals surface area contributed by atoms with Gasteiger partial charge in [-0.3, -0.25) is 20.8 Å². The molecule has 3 aromatic rings. The number of nitrogens with one attached hydrogen (secondary N) is 1. The number of aromatic nitrogens is 3. The van der Waals surface area contributed by atoms with Crippen LogP contribution in [-0.4, -0.2) is 22.1 Å². The summed E-state index contributed by atoms with van der Waals surface area (Å²) in [4.78, 5) is 13.1. The molecule has 106 valence electrons. The molecule has 3 N–H and O–H groups in total. The average Bonchev–Trinajstić information content (AvgIpc) is 2.56. The lowest BCUT2D eigenvalue weighted by Gasteiger charge is -2.19. The predicted octanol–water partition coefficient (Wildman–Crippen LogP) is 1.59. The Labute approximate surface area is 122 Å². The van der Waals surface area contributed by atoms with Crippen molar-refractivity contribution in [1.29, 1.82) is 0 Å². The summed E-state index contributed by atoms with van der Waals surface area (Å²) in [6.45, 7) is 0. The van der Waals surface area contributed by atoms with E-state index in [1.165, 1.54) is 0 Å². The summed E-state index contributed by atoms with van der Waals surface area (Å²) in [5, 5.41) is 0. The zero-order chi connectivity index (χ0) is 14.7. The summed E-state index contributed by atoms with van der Waals surface area (Å²) in [6.07, 6.45) is 5.03. The molecule has 0 amide bonds. The third-order valence-electron chi connectivity index (χ3n) is 3.30. The fourth-order valence-electron chi connectivity index (χ4n) is 2.36. The van der Waals surface area contributed by atoms with Crippen LogP contribution in [0.4, 0.5) is 0 Å². The number of hydrogen-bond acceptors (Lipinski definition) is 6. The summed E-state index contributed by atoms with van der Waals surface area (Å²) in [6, 6.07) is 9.13. The molecule has 2 aromatic heterocycles. The number of benzene rings is 1. The van der Waals surface area contributed by atoms with Crippen LogP contribution in [0.25, 0.3) is 11.0 Å². The highest BCUT2D eigenvalue weighted by Gasteiger charge is 2.21. The molecule has 6 heteroatoms. The Morgan fingerprint density at radius 3 is 2.71 bits per heavy atom. The zero-order valence-electron chi connectivity index (χ0n) is 11.5. The SMILES string of the molecule is COc1cccnc1C(NN)c1cccc2nccnc12. The van der Waals surface area contributed by atoms with Gasteiger partial charge in [0.1, 0.15) is 11.4 Å². The van der Waals surface area contributed by atoms with Gasteiger partial charge in [0.2, 0.25) is 0 Å².